The van der Waals surface area contributed by atoms with Gasteiger partial charge < -0.3 is 19.9 Å². The van der Waals surface area contributed by atoms with Crippen LogP contribution in [-0.2, 0) is 4.74 Å². The van der Waals surface area contributed by atoms with Crippen LogP contribution in [0.1, 0.15) is 18.2 Å². The molecule has 1 amide bonds. The molecule has 0 bridgehead atoms. The molecule has 1 aromatic carbocycles. The highest BCUT2D eigenvalue weighted by atomic mass is 16.6. The average molecular weight is 355 g/mol. The summed E-state index contributed by atoms with van der Waals surface area (Å²) in [6, 6.07) is 10.1. The Morgan fingerprint density at radius 3 is 2.62 bits per heavy atom. The number of ether oxygens (including phenoxy) is 1. The zero-order chi connectivity index (χ0) is 18.5. The second-order valence-corrected chi connectivity index (χ2v) is 6.36. The largest absolute Gasteiger partial charge is 0.450 e. The van der Waals surface area contributed by atoms with E-state index >= 15 is 0 Å². The fourth-order valence-corrected chi connectivity index (χ4v) is 2.95. The SMILES string of the molecule is CCOC(=O)N1CCN(c2cc(C)nc(Nc3cccc(C)c3)n2)CC1. The fourth-order valence-electron chi connectivity index (χ4n) is 2.95. The van der Waals surface area contributed by atoms with Crippen molar-refractivity contribution in [3.05, 3.63) is 41.6 Å². The third-order valence-corrected chi connectivity index (χ3v) is 4.24. The minimum Gasteiger partial charge on any atom is -0.450 e. The predicted octanol–water partition coefficient (Wildman–Crippen LogP) is 3.12. The van der Waals surface area contributed by atoms with Crippen molar-refractivity contribution in [2.24, 2.45) is 0 Å². The molecule has 1 saturated heterocycles. The highest BCUT2D eigenvalue weighted by Gasteiger charge is 2.23. The van der Waals surface area contributed by atoms with Crippen LogP contribution >= 0.6 is 0 Å². The van der Waals surface area contributed by atoms with Crippen molar-refractivity contribution in [1.82, 2.24) is 14.9 Å². The molecule has 0 radical (unpaired) electrons. The van der Waals surface area contributed by atoms with Crippen molar-refractivity contribution >= 4 is 23.5 Å². The number of aryl methyl sites for hydroxylation is 2. The van der Waals surface area contributed by atoms with Crippen molar-refractivity contribution in [3.63, 3.8) is 0 Å². The van der Waals surface area contributed by atoms with Crippen LogP contribution in [0.5, 0.6) is 0 Å². The summed E-state index contributed by atoms with van der Waals surface area (Å²) in [4.78, 5) is 24.9. The normalized spacial score (nSPS) is 14.3. The van der Waals surface area contributed by atoms with E-state index in [2.05, 4.69) is 39.2 Å². The minimum atomic E-state index is -0.243. The zero-order valence-corrected chi connectivity index (χ0v) is 15.5. The lowest BCUT2D eigenvalue weighted by Gasteiger charge is -2.34. The van der Waals surface area contributed by atoms with Gasteiger partial charge in [0.1, 0.15) is 5.82 Å². The molecule has 7 heteroatoms. The first-order valence-corrected chi connectivity index (χ1v) is 8.91. The van der Waals surface area contributed by atoms with Crippen LogP contribution in [-0.4, -0.2) is 53.7 Å². The molecule has 26 heavy (non-hydrogen) atoms. The summed E-state index contributed by atoms with van der Waals surface area (Å²) in [5, 5.41) is 3.28. The topological polar surface area (TPSA) is 70.6 Å². The first-order chi connectivity index (χ1) is 12.5. The Balaban J connectivity index is 1.69. The second-order valence-electron chi connectivity index (χ2n) is 6.36. The number of rotatable bonds is 4. The van der Waals surface area contributed by atoms with E-state index in [0.717, 1.165) is 30.3 Å². The number of amides is 1. The van der Waals surface area contributed by atoms with Gasteiger partial charge in [-0.15, -0.1) is 0 Å². The van der Waals surface area contributed by atoms with Crippen LogP contribution in [0.2, 0.25) is 0 Å². The number of nitrogens with one attached hydrogen (secondary N) is 1. The van der Waals surface area contributed by atoms with Gasteiger partial charge in [0.25, 0.3) is 0 Å². The molecule has 3 rings (SSSR count). The van der Waals surface area contributed by atoms with Crippen molar-refractivity contribution in [2.45, 2.75) is 20.8 Å². The molecule has 0 unspecified atom stereocenters. The van der Waals surface area contributed by atoms with Crippen molar-refractivity contribution < 1.29 is 9.53 Å². The number of nitrogens with zero attached hydrogens (tertiary/aromatic N) is 4. The monoisotopic (exact) mass is 355 g/mol. The lowest BCUT2D eigenvalue weighted by atomic mass is 10.2. The Morgan fingerprint density at radius 1 is 1.15 bits per heavy atom. The van der Waals surface area contributed by atoms with Gasteiger partial charge in [0, 0.05) is 43.6 Å². The van der Waals surface area contributed by atoms with Gasteiger partial charge in [0.15, 0.2) is 0 Å². The standard InChI is InChI=1S/C19H25N5O2/c1-4-26-19(25)24-10-8-23(9-11-24)17-13-15(3)20-18(22-17)21-16-7-5-6-14(2)12-16/h5-7,12-13H,4,8-11H2,1-3H3,(H,20,21,22). The van der Waals surface area contributed by atoms with Gasteiger partial charge in [-0.1, -0.05) is 12.1 Å². The number of benzene rings is 1. The van der Waals surface area contributed by atoms with Crippen molar-refractivity contribution in [3.8, 4) is 0 Å². The van der Waals surface area contributed by atoms with E-state index in [9.17, 15) is 4.79 Å². The molecule has 7 nitrogen and oxygen atoms in total. The van der Waals surface area contributed by atoms with E-state index in [0.29, 0.717) is 25.6 Å². The molecule has 1 aromatic heterocycles. The van der Waals surface area contributed by atoms with Gasteiger partial charge >= 0.3 is 6.09 Å². The van der Waals surface area contributed by atoms with Crippen LogP contribution < -0.4 is 10.2 Å². The molecule has 0 spiro atoms. The van der Waals surface area contributed by atoms with Gasteiger partial charge in [-0.2, -0.15) is 4.98 Å². The van der Waals surface area contributed by atoms with E-state index in [1.54, 1.807) is 4.90 Å². The molecule has 2 aromatic rings. The van der Waals surface area contributed by atoms with E-state index in [4.69, 9.17) is 4.74 Å². The molecule has 0 saturated carbocycles. The molecule has 1 aliphatic rings. The Bertz CT molecular complexity index is 772. The zero-order valence-electron chi connectivity index (χ0n) is 15.5. The number of hydrogen-bond donors (Lipinski definition) is 1. The molecule has 1 N–H and O–H groups in total. The van der Waals surface area contributed by atoms with Crippen LogP contribution in [0, 0.1) is 13.8 Å². The smallest absolute Gasteiger partial charge is 0.409 e. The summed E-state index contributed by atoms with van der Waals surface area (Å²) < 4.78 is 5.07. The summed E-state index contributed by atoms with van der Waals surface area (Å²) in [5.74, 6) is 1.45. The van der Waals surface area contributed by atoms with Crippen molar-refractivity contribution in [2.75, 3.05) is 43.0 Å². The molecular formula is C19H25N5O2. The number of anilines is 3. The maximum atomic E-state index is 11.8. The van der Waals surface area contributed by atoms with Gasteiger partial charge in [-0.05, 0) is 38.5 Å². The highest BCUT2D eigenvalue weighted by Crippen LogP contribution is 2.20. The Kier molecular flexibility index (Phi) is 5.55. The molecule has 1 fully saturated rings. The van der Waals surface area contributed by atoms with Gasteiger partial charge in [0.2, 0.25) is 5.95 Å². The van der Waals surface area contributed by atoms with E-state index in [1.807, 2.05) is 32.0 Å². The van der Waals surface area contributed by atoms with E-state index in [-0.39, 0.29) is 6.09 Å². The van der Waals surface area contributed by atoms with Gasteiger partial charge in [-0.3, -0.25) is 0 Å². The third kappa shape index (κ3) is 4.41. The molecule has 0 aliphatic carbocycles. The number of aromatic nitrogens is 2. The summed E-state index contributed by atoms with van der Waals surface area (Å²) in [6.07, 6.45) is -0.243. The third-order valence-electron chi connectivity index (χ3n) is 4.24. The average Bonchev–Trinajstić information content (AvgIpc) is 2.61. The van der Waals surface area contributed by atoms with E-state index < -0.39 is 0 Å². The minimum absolute atomic E-state index is 0.243. The predicted molar refractivity (Wildman–Crippen MR) is 102 cm³/mol. The van der Waals surface area contributed by atoms with Crippen LogP contribution in [0.4, 0.5) is 22.2 Å². The number of piperazine rings is 1. The number of carbonyl (C=O) groups excluding carboxylic acids is 1. The Morgan fingerprint density at radius 2 is 1.92 bits per heavy atom. The quantitative estimate of drug-likeness (QED) is 0.909. The highest BCUT2D eigenvalue weighted by molar-refractivity contribution is 5.68. The fraction of sp³-hybridized carbons (Fsp3) is 0.421. The first kappa shape index (κ1) is 18.0. The number of hydrogen-bond acceptors (Lipinski definition) is 6. The maximum Gasteiger partial charge on any atom is 0.409 e. The van der Waals surface area contributed by atoms with Gasteiger partial charge in [-0.25, -0.2) is 9.78 Å². The molecule has 1 aliphatic heterocycles. The lowest BCUT2D eigenvalue weighted by molar-refractivity contribution is 0.105. The van der Waals surface area contributed by atoms with Crippen LogP contribution in [0.15, 0.2) is 30.3 Å². The lowest BCUT2D eigenvalue weighted by Crippen LogP contribution is -2.49. The maximum absolute atomic E-state index is 11.8. The van der Waals surface area contributed by atoms with Crippen LogP contribution in [0.25, 0.3) is 0 Å². The molecule has 2 heterocycles. The Hall–Kier alpha value is -2.83. The van der Waals surface area contributed by atoms with Crippen molar-refractivity contribution in [1.29, 1.82) is 0 Å². The second kappa shape index (κ2) is 8.03. The molecule has 0 atom stereocenters. The molecule has 138 valence electrons. The summed E-state index contributed by atoms with van der Waals surface area (Å²) in [6.45, 7) is 8.93. The Labute approximate surface area is 154 Å². The van der Waals surface area contributed by atoms with Gasteiger partial charge in [0.05, 0.1) is 6.61 Å². The summed E-state index contributed by atoms with van der Waals surface area (Å²) in [7, 11) is 0. The summed E-state index contributed by atoms with van der Waals surface area (Å²) in [5.41, 5.74) is 3.05. The van der Waals surface area contributed by atoms with E-state index in [1.165, 1.54) is 5.56 Å². The summed E-state index contributed by atoms with van der Waals surface area (Å²) >= 11 is 0. The first-order valence-electron chi connectivity index (χ1n) is 8.91. The van der Waals surface area contributed by atoms with Crippen LogP contribution in [0.3, 0.4) is 0 Å². The number of carbonyl (C=O) groups is 1. The molecular weight excluding hydrogens is 330 g/mol.